The molecule has 2 aliphatic rings. The van der Waals surface area contributed by atoms with Crippen LogP contribution in [0.3, 0.4) is 0 Å². The van der Waals surface area contributed by atoms with Gasteiger partial charge in [-0.3, -0.25) is 19.7 Å². The molecule has 2 aromatic rings. The molecule has 2 saturated heterocycles. The first-order valence-corrected chi connectivity index (χ1v) is 9.15. The number of rotatable bonds is 4. The van der Waals surface area contributed by atoms with Crippen LogP contribution in [0.4, 0.5) is 11.4 Å². The van der Waals surface area contributed by atoms with Gasteiger partial charge in [-0.05, 0) is 25.1 Å². The lowest BCUT2D eigenvalue weighted by molar-refractivity contribution is -0.735. The summed E-state index contributed by atoms with van der Waals surface area (Å²) >= 11 is 0. The number of carboxylic acid groups (broad SMARTS) is 1. The SMILES string of the molecule is C[C@]1(C(=O)[O-])[NH2+][C@@H](c2ccccc2O)[C@H]2C(=O)N(c3ccccc3[N+](=O)[O-])C(=O)[C@@H]21. The average molecular weight is 411 g/mol. The number of nitro groups is 1. The van der Waals surface area contributed by atoms with Gasteiger partial charge in [0.2, 0.25) is 11.8 Å². The highest BCUT2D eigenvalue weighted by atomic mass is 16.6. The first kappa shape index (κ1) is 19.5. The van der Waals surface area contributed by atoms with E-state index in [0.29, 0.717) is 10.5 Å². The van der Waals surface area contributed by atoms with Gasteiger partial charge in [0.1, 0.15) is 40.8 Å². The summed E-state index contributed by atoms with van der Waals surface area (Å²) in [5.41, 5.74) is -2.17. The van der Waals surface area contributed by atoms with Crippen LogP contribution in [0.15, 0.2) is 48.5 Å². The van der Waals surface area contributed by atoms with E-state index in [1.807, 2.05) is 0 Å². The van der Waals surface area contributed by atoms with Crippen LogP contribution in [0, 0.1) is 22.0 Å². The van der Waals surface area contributed by atoms with E-state index in [0.717, 1.165) is 6.07 Å². The summed E-state index contributed by atoms with van der Waals surface area (Å²) in [5.74, 6) is -5.76. The van der Waals surface area contributed by atoms with E-state index in [1.165, 1.54) is 36.5 Å². The fourth-order valence-electron chi connectivity index (χ4n) is 4.56. The molecule has 0 unspecified atom stereocenters. The highest BCUT2D eigenvalue weighted by Gasteiger charge is 2.68. The van der Waals surface area contributed by atoms with E-state index in [9.17, 15) is 34.7 Å². The normalized spacial score (nSPS) is 27.9. The maximum absolute atomic E-state index is 13.3. The van der Waals surface area contributed by atoms with Crippen molar-refractivity contribution in [2.45, 2.75) is 18.5 Å². The third-order valence-electron chi connectivity index (χ3n) is 5.96. The standard InChI is InChI=1S/C20H17N3O7/c1-20(19(27)28)15-14(16(21-20)10-6-2-5-9-13(10)24)17(25)22(18(15)26)11-7-3-4-8-12(11)23(29)30/h2-9,14-16,21,24H,1H3,(H,27,28)/t14-,15+,16-,20-/m0/s1. The number of carbonyl (C=O) groups is 3. The summed E-state index contributed by atoms with van der Waals surface area (Å²) in [4.78, 5) is 50.0. The number of phenols is 1. The smallest absolute Gasteiger partial charge is 0.293 e. The number of carboxylic acids is 1. The summed E-state index contributed by atoms with van der Waals surface area (Å²) in [6.45, 7) is 1.29. The monoisotopic (exact) mass is 411 g/mol. The van der Waals surface area contributed by atoms with Gasteiger partial charge in [0.05, 0.1) is 10.5 Å². The van der Waals surface area contributed by atoms with Crippen LogP contribution in [0.5, 0.6) is 5.75 Å². The minimum atomic E-state index is -1.80. The molecule has 2 fully saturated rings. The van der Waals surface area contributed by atoms with Crippen LogP contribution in [0.1, 0.15) is 18.5 Å². The van der Waals surface area contributed by atoms with E-state index < -0.39 is 51.8 Å². The Kier molecular flexibility index (Phi) is 4.31. The Morgan fingerprint density at radius 2 is 1.77 bits per heavy atom. The van der Waals surface area contributed by atoms with E-state index in [4.69, 9.17) is 0 Å². The molecule has 0 bridgehead atoms. The number of anilines is 1. The summed E-state index contributed by atoms with van der Waals surface area (Å²) in [6, 6.07) is 10.5. The average Bonchev–Trinajstić information content (AvgIpc) is 3.16. The molecule has 4 rings (SSSR count). The number of amides is 2. The number of fused-ring (bicyclic) bond motifs is 1. The summed E-state index contributed by atoms with van der Waals surface area (Å²) in [6.07, 6.45) is 0. The number of aliphatic carboxylic acids is 1. The number of quaternary nitrogens is 1. The van der Waals surface area contributed by atoms with E-state index in [2.05, 4.69) is 0 Å². The highest BCUT2D eigenvalue weighted by Crippen LogP contribution is 2.47. The number of phenolic OH excluding ortho intramolecular Hbond substituents is 1. The van der Waals surface area contributed by atoms with Crippen molar-refractivity contribution < 1.29 is 34.8 Å². The number of aromatic hydroxyl groups is 1. The second-order valence-electron chi connectivity index (χ2n) is 7.58. The Morgan fingerprint density at radius 1 is 1.13 bits per heavy atom. The molecule has 30 heavy (non-hydrogen) atoms. The summed E-state index contributed by atoms with van der Waals surface area (Å²) in [7, 11) is 0. The predicted octanol–water partition coefficient (Wildman–Crippen LogP) is -0.767. The first-order chi connectivity index (χ1) is 14.2. The fraction of sp³-hybridized carbons (Fsp3) is 0.250. The number of nitro benzene ring substituents is 1. The maximum Gasteiger partial charge on any atom is 0.293 e. The number of para-hydroxylation sites is 3. The zero-order valence-corrected chi connectivity index (χ0v) is 15.7. The van der Waals surface area contributed by atoms with Crippen molar-refractivity contribution in [3.05, 3.63) is 64.2 Å². The molecule has 0 aromatic heterocycles. The van der Waals surface area contributed by atoms with Gasteiger partial charge in [-0.2, -0.15) is 0 Å². The molecule has 2 heterocycles. The number of nitrogens with two attached hydrogens (primary N) is 1. The van der Waals surface area contributed by atoms with E-state index >= 15 is 0 Å². The molecule has 2 aliphatic heterocycles. The largest absolute Gasteiger partial charge is 0.544 e. The molecule has 2 amide bonds. The van der Waals surface area contributed by atoms with Crippen LogP contribution in [-0.4, -0.2) is 33.4 Å². The number of imide groups is 1. The van der Waals surface area contributed by atoms with Gasteiger partial charge in [0.25, 0.3) is 5.69 Å². The first-order valence-electron chi connectivity index (χ1n) is 9.15. The summed E-state index contributed by atoms with van der Waals surface area (Å²) in [5, 5.41) is 35.0. The number of hydrogen-bond acceptors (Lipinski definition) is 7. The van der Waals surface area contributed by atoms with Gasteiger partial charge >= 0.3 is 0 Å². The number of hydrogen-bond donors (Lipinski definition) is 2. The Hall–Kier alpha value is -3.79. The lowest BCUT2D eigenvalue weighted by atomic mass is 9.80. The van der Waals surface area contributed by atoms with Crippen LogP contribution in [-0.2, 0) is 14.4 Å². The second kappa shape index (κ2) is 6.63. The van der Waals surface area contributed by atoms with Gasteiger partial charge in [-0.1, -0.05) is 24.3 Å². The highest BCUT2D eigenvalue weighted by molar-refractivity contribution is 6.24. The fourth-order valence-corrected chi connectivity index (χ4v) is 4.56. The maximum atomic E-state index is 13.3. The molecule has 154 valence electrons. The molecule has 0 radical (unpaired) electrons. The van der Waals surface area contributed by atoms with Gasteiger partial charge in [0.15, 0.2) is 0 Å². The Labute approximate surface area is 169 Å². The number of carbonyl (C=O) groups excluding carboxylic acids is 3. The number of nitrogens with zero attached hydrogens (tertiary/aromatic N) is 2. The Bertz CT molecular complexity index is 1100. The Morgan fingerprint density at radius 3 is 2.40 bits per heavy atom. The lowest BCUT2D eigenvalue weighted by Crippen LogP contribution is -2.98. The quantitative estimate of drug-likeness (QED) is 0.380. The minimum absolute atomic E-state index is 0.149. The van der Waals surface area contributed by atoms with Gasteiger partial charge < -0.3 is 20.3 Å². The third-order valence-corrected chi connectivity index (χ3v) is 5.96. The van der Waals surface area contributed by atoms with Gasteiger partial charge in [-0.25, -0.2) is 4.90 Å². The zero-order chi connectivity index (χ0) is 21.8. The number of benzene rings is 2. The topological polar surface area (TPSA) is 157 Å². The molecule has 10 heteroatoms. The van der Waals surface area contributed by atoms with Crippen molar-refractivity contribution >= 4 is 29.2 Å². The summed E-state index contributed by atoms with van der Waals surface area (Å²) < 4.78 is 0. The van der Waals surface area contributed by atoms with Crippen molar-refractivity contribution in [3.8, 4) is 5.75 Å². The molecule has 4 atom stereocenters. The second-order valence-corrected chi connectivity index (χ2v) is 7.58. The molecule has 2 aromatic carbocycles. The van der Waals surface area contributed by atoms with Crippen LogP contribution in [0.2, 0.25) is 0 Å². The van der Waals surface area contributed by atoms with Crippen molar-refractivity contribution in [1.29, 1.82) is 0 Å². The Balaban J connectivity index is 1.88. The van der Waals surface area contributed by atoms with Crippen molar-refractivity contribution in [3.63, 3.8) is 0 Å². The van der Waals surface area contributed by atoms with Crippen LogP contribution >= 0.6 is 0 Å². The predicted molar refractivity (Wildman–Crippen MR) is 98.8 cm³/mol. The van der Waals surface area contributed by atoms with Crippen molar-refractivity contribution in [2.75, 3.05) is 4.90 Å². The molecular weight excluding hydrogens is 394 g/mol. The molecular formula is C20H17N3O7. The van der Waals surface area contributed by atoms with Gasteiger partial charge in [0, 0.05) is 6.07 Å². The zero-order valence-electron chi connectivity index (χ0n) is 15.7. The van der Waals surface area contributed by atoms with E-state index in [1.54, 1.807) is 18.2 Å². The van der Waals surface area contributed by atoms with Crippen molar-refractivity contribution in [2.24, 2.45) is 11.8 Å². The third kappa shape index (κ3) is 2.57. The lowest BCUT2D eigenvalue weighted by Gasteiger charge is -2.28. The minimum Gasteiger partial charge on any atom is -0.544 e. The molecule has 0 spiro atoms. The molecule has 0 aliphatic carbocycles. The molecule has 0 saturated carbocycles. The molecule has 10 nitrogen and oxygen atoms in total. The van der Waals surface area contributed by atoms with Gasteiger partial charge in [-0.15, -0.1) is 0 Å². The van der Waals surface area contributed by atoms with Crippen molar-refractivity contribution in [1.82, 2.24) is 0 Å². The van der Waals surface area contributed by atoms with E-state index in [-0.39, 0.29) is 11.4 Å². The molecule has 3 N–H and O–H groups in total. The van der Waals surface area contributed by atoms with Crippen LogP contribution in [0.25, 0.3) is 0 Å². The van der Waals surface area contributed by atoms with Crippen LogP contribution < -0.4 is 15.3 Å².